The first-order valence-corrected chi connectivity index (χ1v) is 8.71. The van der Waals surface area contributed by atoms with Gasteiger partial charge >= 0.3 is 0 Å². The van der Waals surface area contributed by atoms with Crippen molar-refractivity contribution < 1.29 is 0 Å². The van der Waals surface area contributed by atoms with Crippen LogP contribution in [0, 0.1) is 13.8 Å². The SMILES string of the molecule is CSc1nc2nc(C)c3c(=O)n(-c4ccccc4C)ccc3n2n1. The van der Waals surface area contributed by atoms with Crippen LogP contribution < -0.4 is 5.56 Å². The number of thioether (sulfide) groups is 1. The van der Waals surface area contributed by atoms with Crippen LogP contribution in [-0.4, -0.2) is 30.4 Å². The van der Waals surface area contributed by atoms with Crippen molar-refractivity contribution in [2.45, 2.75) is 19.0 Å². The first-order valence-electron chi connectivity index (χ1n) is 7.49. The molecule has 1 aromatic carbocycles. The second-order valence-corrected chi connectivity index (χ2v) is 6.32. The molecule has 0 amide bonds. The van der Waals surface area contributed by atoms with Crippen LogP contribution in [0.3, 0.4) is 0 Å². The maximum Gasteiger partial charge on any atom is 0.266 e. The number of aromatic nitrogens is 5. The zero-order valence-electron chi connectivity index (χ0n) is 13.5. The minimum Gasteiger partial charge on any atom is -0.283 e. The second-order valence-electron chi connectivity index (χ2n) is 5.55. The first kappa shape index (κ1) is 14.9. The molecule has 0 fully saturated rings. The summed E-state index contributed by atoms with van der Waals surface area (Å²) in [5, 5.41) is 5.62. The summed E-state index contributed by atoms with van der Waals surface area (Å²) in [6, 6.07) is 9.70. The molecule has 7 heteroatoms. The van der Waals surface area contributed by atoms with Gasteiger partial charge in [0.25, 0.3) is 11.3 Å². The van der Waals surface area contributed by atoms with Crippen molar-refractivity contribution in [3.05, 3.63) is 58.1 Å². The van der Waals surface area contributed by atoms with Crippen molar-refractivity contribution in [2.75, 3.05) is 6.26 Å². The Morgan fingerprint density at radius 3 is 2.62 bits per heavy atom. The van der Waals surface area contributed by atoms with Crippen LogP contribution in [0.2, 0.25) is 0 Å². The number of para-hydroxylation sites is 1. The molecule has 0 N–H and O–H groups in total. The Bertz CT molecular complexity index is 1150. The highest BCUT2D eigenvalue weighted by molar-refractivity contribution is 7.98. The van der Waals surface area contributed by atoms with Gasteiger partial charge in [-0.25, -0.2) is 4.98 Å². The van der Waals surface area contributed by atoms with Gasteiger partial charge in [-0.15, -0.1) is 5.10 Å². The standard InChI is InChI=1S/C17H15N5OS/c1-10-6-4-5-7-12(10)21-9-8-13-14(15(21)23)11(2)18-16-19-17(24-3)20-22(13)16/h4-9H,1-3H3. The molecular formula is C17H15N5OS. The van der Waals surface area contributed by atoms with Gasteiger partial charge in [0.1, 0.15) is 0 Å². The number of fused-ring (bicyclic) bond motifs is 3. The summed E-state index contributed by atoms with van der Waals surface area (Å²) >= 11 is 1.45. The molecule has 0 unspecified atom stereocenters. The van der Waals surface area contributed by atoms with Crippen molar-refractivity contribution in [1.82, 2.24) is 24.1 Å². The average Bonchev–Trinajstić information content (AvgIpc) is 2.99. The minimum atomic E-state index is -0.102. The molecule has 24 heavy (non-hydrogen) atoms. The van der Waals surface area contributed by atoms with E-state index in [4.69, 9.17) is 0 Å². The lowest BCUT2D eigenvalue weighted by Crippen LogP contribution is -2.20. The highest BCUT2D eigenvalue weighted by atomic mass is 32.2. The van der Waals surface area contributed by atoms with E-state index in [0.717, 1.165) is 16.8 Å². The number of hydrogen-bond acceptors (Lipinski definition) is 5. The summed E-state index contributed by atoms with van der Waals surface area (Å²) in [5.41, 5.74) is 3.18. The molecule has 6 nitrogen and oxygen atoms in total. The Morgan fingerprint density at radius 1 is 1.08 bits per heavy atom. The Balaban J connectivity index is 2.10. The van der Waals surface area contributed by atoms with Gasteiger partial charge in [0.15, 0.2) is 0 Å². The molecule has 4 rings (SSSR count). The van der Waals surface area contributed by atoms with Crippen molar-refractivity contribution in [3.8, 4) is 5.69 Å². The third-order valence-electron chi connectivity index (χ3n) is 4.06. The molecule has 3 aromatic heterocycles. The van der Waals surface area contributed by atoms with Crippen LogP contribution in [0.4, 0.5) is 0 Å². The number of pyridine rings is 1. The van der Waals surface area contributed by atoms with Gasteiger partial charge < -0.3 is 0 Å². The number of nitrogens with zero attached hydrogens (tertiary/aromatic N) is 5. The third-order valence-corrected chi connectivity index (χ3v) is 4.59. The summed E-state index contributed by atoms with van der Waals surface area (Å²) in [6.07, 6.45) is 3.70. The quantitative estimate of drug-likeness (QED) is 0.526. The highest BCUT2D eigenvalue weighted by Crippen LogP contribution is 2.19. The van der Waals surface area contributed by atoms with Crippen LogP contribution in [0.15, 0.2) is 46.5 Å². The lowest BCUT2D eigenvalue weighted by atomic mass is 10.2. The van der Waals surface area contributed by atoms with Crippen molar-refractivity contribution in [3.63, 3.8) is 0 Å². The van der Waals surface area contributed by atoms with Gasteiger partial charge in [0, 0.05) is 6.20 Å². The lowest BCUT2D eigenvalue weighted by molar-refractivity contribution is 0.900. The maximum absolute atomic E-state index is 13.1. The van der Waals surface area contributed by atoms with Crippen molar-refractivity contribution >= 4 is 28.4 Å². The Hall–Kier alpha value is -2.67. The minimum absolute atomic E-state index is 0.102. The van der Waals surface area contributed by atoms with Gasteiger partial charge in [0.05, 0.1) is 22.3 Å². The van der Waals surface area contributed by atoms with Crippen LogP contribution >= 0.6 is 11.8 Å². The fourth-order valence-electron chi connectivity index (χ4n) is 2.88. The topological polar surface area (TPSA) is 65.1 Å². The molecule has 0 aliphatic heterocycles. The van der Waals surface area contributed by atoms with Gasteiger partial charge in [-0.05, 0) is 37.8 Å². The van der Waals surface area contributed by atoms with Gasteiger partial charge in [-0.1, -0.05) is 30.0 Å². The third kappa shape index (κ3) is 2.12. The van der Waals surface area contributed by atoms with Crippen LogP contribution in [0.25, 0.3) is 22.4 Å². The molecular weight excluding hydrogens is 322 g/mol. The molecule has 0 spiro atoms. The summed E-state index contributed by atoms with van der Waals surface area (Å²) in [7, 11) is 0. The summed E-state index contributed by atoms with van der Waals surface area (Å²) in [5.74, 6) is 0.511. The molecule has 0 bridgehead atoms. The molecule has 4 aromatic rings. The lowest BCUT2D eigenvalue weighted by Gasteiger charge is -2.11. The number of rotatable bonds is 2. The number of aryl methyl sites for hydroxylation is 2. The van der Waals surface area contributed by atoms with E-state index < -0.39 is 0 Å². The van der Waals surface area contributed by atoms with E-state index in [1.807, 2.05) is 50.4 Å². The van der Waals surface area contributed by atoms with Crippen molar-refractivity contribution in [1.29, 1.82) is 0 Å². The molecule has 3 heterocycles. The smallest absolute Gasteiger partial charge is 0.266 e. The van der Waals surface area contributed by atoms with E-state index in [2.05, 4.69) is 15.1 Å². The fourth-order valence-corrected chi connectivity index (χ4v) is 3.21. The number of benzene rings is 1. The second kappa shape index (κ2) is 5.45. The first-order chi connectivity index (χ1) is 11.6. The van der Waals surface area contributed by atoms with Crippen LogP contribution in [-0.2, 0) is 0 Å². The Morgan fingerprint density at radius 2 is 1.88 bits per heavy atom. The zero-order valence-corrected chi connectivity index (χ0v) is 14.3. The van der Waals surface area contributed by atoms with E-state index in [0.29, 0.717) is 22.0 Å². The van der Waals surface area contributed by atoms with Crippen molar-refractivity contribution in [2.24, 2.45) is 0 Å². The van der Waals surface area contributed by atoms with Crippen LogP contribution in [0.1, 0.15) is 11.3 Å². The van der Waals surface area contributed by atoms with Gasteiger partial charge in [-0.2, -0.15) is 9.50 Å². The highest BCUT2D eigenvalue weighted by Gasteiger charge is 2.15. The Kier molecular flexibility index (Phi) is 3.38. The molecule has 0 aliphatic carbocycles. The molecule has 0 aliphatic rings. The maximum atomic E-state index is 13.1. The van der Waals surface area contributed by atoms with Gasteiger partial charge in [-0.3, -0.25) is 9.36 Å². The molecule has 120 valence electrons. The fraction of sp³-hybridized carbons (Fsp3) is 0.176. The monoisotopic (exact) mass is 337 g/mol. The average molecular weight is 337 g/mol. The summed E-state index contributed by atoms with van der Waals surface area (Å²) < 4.78 is 3.29. The molecule has 0 radical (unpaired) electrons. The Labute approximate surface area is 142 Å². The summed E-state index contributed by atoms with van der Waals surface area (Å²) in [6.45, 7) is 3.82. The number of hydrogen-bond donors (Lipinski definition) is 0. The van der Waals surface area contributed by atoms with E-state index >= 15 is 0 Å². The molecule has 0 atom stereocenters. The zero-order chi connectivity index (χ0) is 16.8. The van der Waals surface area contributed by atoms with Crippen LogP contribution in [0.5, 0.6) is 0 Å². The van der Waals surface area contributed by atoms with E-state index in [1.165, 1.54) is 11.8 Å². The van der Waals surface area contributed by atoms with E-state index in [-0.39, 0.29) is 5.56 Å². The normalized spacial score (nSPS) is 11.5. The predicted molar refractivity (Wildman–Crippen MR) is 95.1 cm³/mol. The van der Waals surface area contributed by atoms with E-state index in [1.54, 1.807) is 15.3 Å². The summed E-state index contributed by atoms with van der Waals surface area (Å²) in [4.78, 5) is 21.9. The van der Waals surface area contributed by atoms with E-state index in [9.17, 15) is 4.79 Å². The molecule has 0 saturated carbocycles. The van der Waals surface area contributed by atoms with Gasteiger partial charge in [0.2, 0.25) is 5.16 Å². The largest absolute Gasteiger partial charge is 0.283 e. The predicted octanol–water partition coefficient (Wildman–Crippen LogP) is 2.77. The molecule has 0 saturated heterocycles.